The molecule has 1 aliphatic rings. The van der Waals surface area contributed by atoms with Gasteiger partial charge in [-0.2, -0.15) is 0 Å². The zero-order valence-corrected chi connectivity index (χ0v) is 28.0. The highest BCUT2D eigenvalue weighted by Gasteiger charge is 2.32. The van der Waals surface area contributed by atoms with Crippen molar-refractivity contribution in [2.24, 2.45) is 0 Å². The van der Waals surface area contributed by atoms with E-state index in [2.05, 4.69) is 5.32 Å². The number of ether oxygens (including phenoxy) is 2. The van der Waals surface area contributed by atoms with Gasteiger partial charge in [-0.1, -0.05) is 61.7 Å². The summed E-state index contributed by atoms with van der Waals surface area (Å²) in [5.74, 6) is 0.927. The Morgan fingerprint density at radius 3 is 2.26 bits per heavy atom. The Balaban J connectivity index is 1.58. The molecule has 46 heavy (non-hydrogen) atoms. The lowest BCUT2D eigenvalue weighted by molar-refractivity contribution is -0.141. The summed E-state index contributed by atoms with van der Waals surface area (Å²) in [6, 6.07) is 23.4. The quantitative estimate of drug-likeness (QED) is 0.213. The van der Waals surface area contributed by atoms with Crippen molar-refractivity contribution in [2.75, 3.05) is 30.8 Å². The van der Waals surface area contributed by atoms with Crippen molar-refractivity contribution in [3.8, 4) is 11.5 Å². The molecule has 1 aliphatic carbocycles. The van der Waals surface area contributed by atoms with Crippen LogP contribution in [0.25, 0.3) is 0 Å². The van der Waals surface area contributed by atoms with Crippen LogP contribution in [-0.4, -0.2) is 63.7 Å². The predicted molar refractivity (Wildman–Crippen MR) is 182 cm³/mol. The first-order chi connectivity index (χ1) is 22.2. The Labute approximate surface area is 273 Å². The molecule has 2 amide bonds. The molecule has 10 heteroatoms. The first kappa shape index (κ1) is 34.8. The number of carbonyl (C=O) groups excluding carboxylic acids is 2. The van der Waals surface area contributed by atoms with Gasteiger partial charge in [-0.15, -0.1) is 0 Å². The van der Waals surface area contributed by atoms with Gasteiger partial charge < -0.3 is 19.7 Å². The number of carbonyl (C=O) groups is 2. The maximum absolute atomic E-state index is 14.1. The number of sulfonamides is 1. The lowest BCUT2D eigenvalue weighted by Gasteiger charge is -2.34. The van der Waals surface area contributed by atoms with Crippen LogP contribution in [0.15, 0.2) is 78.9 Å². The molecular weight excluding hydrogens is 602 g/mol. The van der Waals surface area contributed by atoms with E-state index in [9.17, 15) is 18.0 Å². The van der Waals surface area contributed by atoms with Crippen LogP contribution in [-0.2, 0) is 32.6 Å². The summed E-state index contributed by atoms with van der Waals surface area (Å²) in [5.41, 5.74) is 2.29. The number of nitrogens with zero attached hydrogens (tertiary/aromatic N) is 2. The minimum absolute atomic E-state index is 0.0645. The molecule has 1 saturated carbocycles. The van der Waals surface area contributed by atoms with E-state index in [1.54, 1.807) is 36.3 Å². The van der Waals surface area contributed by atoms with Gasteiger partial charge in [0.15, 0.2) is 0 Å². The Bertz CT molecular complexity index is 1510. The third-order valence-corrected chi connectivity index (χ3v) is 9.49. The molecule has 248 valence electrons. The summed E-state index contributed by atoms with van der Waals surface area (Å²) in [6.07, 6.45) is 7.04. The summed E-state index contributed by atoms with van der Waals surface area (Å²) >= 11 is 0. The van der Waals surface area contributed by atoms with Crippen molar-refractivity contribution in [3.05, 3.63) is 90.0 Å². The maximum atomic E-state index is 14.1. The summed E-state index contributed by atoms with van der Waals surface area (Å²) < 4.78 is 37.8. The molecule has 0 bridgehead atoms. The van der Waals surface area contributed by atoms with Crippen LogP contribution < -0.4 is 19.1 Å². The van der Waals surface area contributed by atoms with Gasteiger partial charge in [-0.05, 0) is 73.7 Å². The fraction of sp³-hybridized carbons (Fsp3) is 0.444. The normalized spacial score (nSPS) is 14.2. The summed E-state index contributed by atoms with van der Waals surface area (Å²) in [7, 11) is -2.02. The van der Waals surface area contributed by atoms with Gasteiger partial charge in [0, 0.05) is 32.0 Å². The molecule has 0 unspecified atom stereocenters. The van der Waals surface area contributed by atoms with Gasteiger partial charge >= 0.3 is 0 Å². The minimum Gasteiger partial charge on any atom is -0.497 e. The second-order valence-electron chi connectivity index (χ2n) is 11.8. The summed E-state index contributed by atoms with van der Waals surface area (Å²) in [4.78, 5) is 29.8. The first-order valence-corrected chi connectivity index (χ1v) is 18.0. The van der Waals surface area contributed by atoms with Crippen LogP contribution >= 0.6 is 0 Å². The smallest absolute Gasteiger partial charge is 0.243 e. The van der Waals surface area contributed by atoms with E-state index in [1.165, 1.54) is 10.7 Å². The third kappa shape index (κ3) is 10.2. The summed E-state index contributed by atoms with van der Waals surface area (Å²) in [5, 5.41) is 3.26. The topological polar surface area (TPSA) is 105 Å². The number of nitrogens with one attached hydrogen (secondary N) is 1. The number of rotatable bonds is 16. The molecule has 4 rings (SSSR count). The maximum Gasteiger partial charge on any atom is 0.243 e. The van der Waals surface area contributed by atoms with Gasteiger partial charge in [-0.3, -0.25) is 13.9 Å². The van der Waals surface area contributed by atoms with Crippen molar-refractivity contribution in [3.63, 3.8) is 0 Å². The van der Waals surface area contributed by atoms with Crippen molar-refractivity contribution in [2.45, 2.75) is 76.9 Å². The summed E-state index contributed by atoms with van der Waals surface area (Å²) in [6.45, 7) is 2.71. The van der Waals surface area contributed by atoms with E-state index in [4.69, 9.17) is 9.47 Å². The van der Waals surface area contributed by atoms with Gasteiger partial charge in [-0.25, -0.2) is 8.42 Å². The molecule has 0 radical (unpaired) electrons. The number of benzene rings is 3. The molecule has 0 aromatic heterocycles. The van der Waals surface area contributed by atoms with E-state index in [0.717, 1.165) is 43.1 Å². The molecular formula is C36H47N3O6S. The molecule has 3 aromatic carbocycles. The van der Waals surface area contributed by atoms with Crippen molar-refractivity contribution >= 4 is 27.5 Å². The lowest BCUT2D eigenvalue weighted by atomic mass is 9.94. The van der Waals surface area contributed by atoms with Gasteiger partial charge in [0.1, 0.15) is 17.5 Å². The van der Waals surface area contributed by atoms with Gasteiger partial charge in [0.25, 0.3) is 0 Å². The van der Waals surface area contributed by atoms with Crippen LogP contribution in [0.4, 0.5) is 5.69 Å². The van der Waals surface area contributed by atoms with Crippen molar-refractivity contribution < 1.29 is 27.5 Å². The van der Waals surface area contributed by atoms with Crippen LogP contribution in [0.5, 0.6) is 11.5 Å². The number of hydrogen-bond donors (Lipinski definition) is 1. The van der Waals surface area contributed by atoms with Crippen molar-refractivity contribution in [1.82, 2.24) is 10.2 Å². The van der Waals surface area contributed by atoms with E-state index < -0.39 is 16.1 Å². The van der Waals surface area contributed by atoms with E-state index in [-0.39, 0.29) is 43.8 Å². The molecule has 0 heterocycles. The first-order valence-electron chi connectivity index (χ1n) is 16.1. The van der Waals surface area contributed by atoms with E-state index >= 15 is 0 Å². The molecule has 1 fully saturated rings. The molecule has 1 N–H and O–H groups in total. The fourth-order valence-electron chi connectivity index (χ4n) is 5.94. The van der Waals surface area contributed by atoms with Crippen LogP contribution in [0.1, 0.15) is 63.0 Å². The van der Waals surface area contributed by atoms with Crippen LogP contribution in [0.3, 0.4) is 0 Å². The van der Waals surface area contributed by atoms with Gasteiger partial charge in [0.2, 0.25) is 21.8 Å². The van der Waals surface area contributed by atoms with E-state index in [1.807, 2.05) is 61.5 Å². The van der Waals surface area contributed by atoms with Crippen molar-refractivity contribution in [1.29, 1.82) is 0 Å². The number of methoxy groups -OCH3 is 1. The molecule has 0 spiro atoms. The van der Waals surface area contributed by atoms with Gasteiger partial charge in [0.05, 0.1) is 25.7 Å². The second kappa shape index (κ2) is 17.0. The molecule has 0 aliphatic heterocycles. The standard InChI is InChI=1S/C36H47N3O6S/c1-4-45-32-22-20-31(21-23-32)39(46(3,42)43)24-12-19-35(40)38(27-29-15-11-18-33(25-29)44-2)34(26-28-13-7-5-8-14-28)36(41)37-30-16-9-6-10-17-30/h5,7-8,11,13-15,18,20-23,25,30,34H,4,6,9-10,12,16-17,19,24,26-27H2,1-3H3,(H,37,41)/t34-/m1/s1. The molecule has 1 atom stereocenters. The van der Waals surface area contributed by atoms with E-state index in [0.29, 0.717) is 30.2 Å². The highest BCUT2D eigenvalue weighted by atomic mass is 32.2. The Kier molecular flexibility index (Phi) is 12.9. The Hall–Kier alpha value is -4.05. The predicted octanol–water partition coefficient (Wildman–Crippen LogP) is 5.73. The Morgan fingerprint density at radius 1 is 0.913 bits per heavy atom. The second-order valence-corrected chi connectivity index (χ2v) is 13.7. The fourth-order valence-corrected chi connectivity index (χ4v) is 6.91. The lowest BCUT2D eigenvalue weighted by Crippen LogP contribution is -2.52. The SMILES string of the molecule is CCOc1ccc(N(CCCC(=O)N(Cc2cccc(OC)c2)[C@H](Cc2ccccc2)C(=O)NC2CCCCC2)S(C)(=O)=O)cc1. The average Bonchev–Trinajstić information content (AvgIpc) is 3.05. The highest BCUT2D eigenvalue weighted by Crippen LogP contribution is 2.24. The zero-order chi connectivity index (χ0) is 32.9. The molecule has 3 aromatic rings. The monoisotopic (exact) mass is 649 g/mol. The average molecular weight is 650 g/mol. The zero-order valence-electron chi connectivity index (χ0n) is 27.2. The largest absolute Gasteiger partial charge is 0.497 e. The number of hydrogen-bond acceptors (Lipinski definition) is 6. The Morgan fingerprint density at radius 2 is 1.61 bits per heavy atom. The highest BCUT2D eigenvalue weighted by molar-refractivity contribution is 7.92. The molecule has 0 saturated heterocycles. The molecule has 9 nitrogen and oxygen atoms in total. The number of anilines is 1. The minimum atomic E-state index is -3.61. The van der Waals surface area contributed by atoms with Crippen LogP contribution in [0, 0.1) is 0 Å². The van der Waals surface area contributed by atoms with Crippen LogP contribution in [0.2, 0.25) is 0 Å². The third-order valence-electron chi connectivity index (χ3n) is 8.30. The number of amides is 2.